The third kappa shape index (κ3) is 9.91. The molecule has 1 aliphatic carbocycles. The molecule has 0 aromatic rings. The minimum Gasteiger partial charge on any atom is -0.390 e. The molecular weight excluding hydrogens is 486 g/mol. The molecule has 2 aliphatic rings. The van der Waals surface area contributed by atoms with Gasteiger partial charge in [0.1, 0.15) is 24.4 Å². The molecule has 0 radical (unpaired) electrons. The number of hydrogen-bond donors (Lipinski definition) is 10. The van der Waals surface area contributed by atoms with Gasteiger partial charge in [-0.3, -0.25) is 4.79 Å². The highest BCUT2D eigenvalue weighted by Gasteiger charge is 2.47. The minimum absolute atomic E-state index is 0.0806. The second-order valence-corrected chi connectivity index (χ2v) is 9.88. The maximum absolute atomic E-state index is 12.5. The molecule has 2 rings (SSSR count). The van der Waals surface area contributed by atoms with Crippen LogP contribution in [0, 0.1) is 0 Å². The number of carbonyl (C=O) groups is 1. The largest absolute Gasteiger partial charge is 0.390 e. The van der Waals surface area contributed by atoms with Gasteiger partial charge in [-0.05, 0) is 51.7 Å². The zero-order chi connectivity index (χ0) is 27.4. The van der Waals surface area contributed by atoms with E-state index in [9.17, 15) is 20.1 Å². The van der Waals surface area contributed by atoms with E-state index in [1.807, 2.05) is 0 Å². The average molecular weight is 536 g/mol. The van der Waals surface area contributed by atoms with Crippen molar-refractivity contribution in [2.24, 2.45) is 28.7 Å². The van der Waals surface area contributed by atoms with Gasteiger partial charge in [0, 0.05) is 19.1 Å². The first-order valence-corrected chi connectivity index (χ1v) is 13.3. The summed E-state index contributed by atoms with van der Waals surface area (Å²) in [5.74, 6) is -0.613. The van der Waals surface area contributed by atoms with Crippen LogP contribution in [0.1, 0.15) is 38.5 Å². The van der Waals surface area contributed by atoms with E-state index in [0.717, 1.165) is 25.8 Å². The SMILES string of the molecule is NCCCCCNCCOC1C(NC(=O)[C@@H](O)CCN)CC(N)C(OC2OC(CN)C(O)CC2N)C1O. The summed E-state index contributed by atoms with van der Waals surface area (Å²) in [4.78, 5) is 12.5. The predicted octanol–water partition coefficient (Wildman–Crippen LogP) is -4.48. The molecule has 1 heterocycles. The lowest BCUT2D eigenvalue weighted by atomic mass is 9.83. The zero-order valence-electron chi connectivity index (χ0n) is 21.6. The van der Waals surface area contributed by atoms with Crippen LogP contribution in [0.15, 0.2) is 0 Å². The molecule has 1 aliphatic heterocycles. The summed E-state index contributed by atoms with van der Waals surface area (Å²) in [5.41, 5.74) is 29.1. The Labute approximate surface area is 218 Å². The van der Waals surface area contributed by atoms with Gasteiger partial charge in [0.2, 0.25) is 5.91 Å². The van der Waals surface area contributed by atoms with Crippen molar-refractivity contribution in [2.75, 3.05) is 39.3 Å². The van der Waals surface area contributed by atoms with Crippen LogP contribution >= 0.6 is 0 Å². The Kier molecular flexibility index (Phi) is 14.7. The molecule has 1 saturated carbocycles. The molecule has 218 valence electrons. The number of amides is 1. The quantitative estimate of drug-likeness (QED) is 0.0837. The summed E-state index contributed by atoms with van der Waals surface area (Å²) >= 11 is 0. The van der Waals surface area contributed by atoms with Gasteiger partial charge >= 0.3 is 0 Å². The highest BCUT2D eigenvalue weighted by atomic mass is 16.7. The average Bonchev–Trinajstić information content (AvgIpc) is 2.86. The molecule has 10 atom stereocenters. The standard InChI is InChI=1S/C23H49N7O7/c24-5-2-1-3-7-29-8-9-35-21-15(30-22(34)16(31)4-6-25)10-13(27)20(19(21)33)37-23-14(28)11-17(32)18(12-26)36-23/h13-21,23,29,31-33H,1-12,24-28H2,(H,30,34)/t13?,14?,15?,16-,17?,18?,19?,20?,21?,23?/m0/s1. The number of unbranched alkanes of at least 4 members (excludes halogenated alkanes) is 2. The second kappa shape index (κ2) is 16.8. The normalized spacial score (nSPS) is 35.3. The van der Waals surface area contributed by atoms with Gasteiger partial charge in [0.25, 0.3) is 0 Å². The Morgan fingerprint density at radius 2 is 1.76 bits per heavy atom. The number of hydrogen-bond acceptors (Lipinski definition) is 13. The van der Waals surface area contributed by atoms with Crippen LogP contribution in [0.25, 0.3) is 0 Å². The topological polar surface area (TPSA) is 260 Å². The molecule has 1 saturated heterocycles. The Morgan fingerprint density at radius 3 is 2.43 bits per heavy atom. The van der Waals surface area contributed by atoms with Crippen molar-refractivity contribution in [3.8, 4) is 0 Å². The van der Waals surface area contributed by atoms with E-state index in [-0.39, 0.29) is 39.0 Å². The maximum Gasteiger partial charge on any atom is 0.249 e. The van der Waals surface area contributed by atoms with Gasteiger partial charge in [-0.1, -0.05) is 6.42 Å². The summed E-state index contributed by atoms with van der Waals surface area (Å²) < 4.78 is 17.8. The van der Waals surface area contributed by atoms with Gasteiger partial charge in [-0.2, -0.15) is 0 Å². The summed E-state index contributed by atoms with van der Waals surface area (Å²) in [5, 5.41) is 37.4. The van der Waals surface area contributed by atoms with Crippen molar-refractivity contribution < 1.29 is 34.3 Å². The van der Waals surface area contributed by atoms with E-state index in [1.54, 1.807) is 0 Å². The number of rotatable bonds is 16. The minimum atomic E-state index is -1.28. The van der Waals surface area contributed by atoms with Crippen molar-refractivity contribution >= 4 is 5.91 Å². The van der Waals surface area contributed by atoms with Crippen molar-refractivity contribution in [1.82, 2.24) is 10.6 Å². The summed E-state index contributed by atoms with van der Waals surface area (Å²) in [7, 11) is 0. The molecule has 0 spiro atoms. The smallest absolute Gasteiger partial charge is 0.249 e. The first-order chi connectivity index (χ1) is 17.7. The first-order valence-electron chi connectivity index (χ1n) is 13.3. The van der Waals surface area contributed by atoms with E-state index in [0.29, 0.717) is 13.1 Å². The maximum atomic E-state index is 12.5. The molecule has 14 nitrogen and oxygen atoms in total. The number of nitrogens with one attached hydrogen (secondary N) is 2. The number of nitrogens with two attached hydrogens (primary N) is 5. The van der Waals surface area contributed by atoms with Crippen LogP contribution in [0.3, 0.4) is 0 Å². The number of carbonyl (C=O) groups excluding carboxylic acids is 1. The fourth-order valence-electron chi connectivity index (χ4n) is 4.71. The highest BCUT2D eigenvalue weighted by molar-refractivity contribution is 5.80. The van der Waals surface area contributed by atoms with Crippen molar-refractivity contribution in [3.05, 3.63) is 0 Å². The summed E-state index contributed by atoms with van der Waals surface area (Å²) in [6.07, 6.45) is -3.16. The molecule has 0 aromatic carbocycles. The van der Waals surface area contributed by atoms with Gasteiger partial charge in [0.05, 0.1) is 30.9 Å². The molecule has 9 unspecified atom stereocenters. The van der Waals surface area contributed by atoms with Crippen molar-refractivity contribution in [2.45, 2.75) is 99.6 Å². The van der Waals surface area contributed by atoms with Crippen LogP contribution in [0.2, 0.25) is 0 Å². The fraction of sp³-hybridized carbons (Fsp3) is 0.957. The van der Waals surface area contributed by atoms with Crippen LogP contribution in [-0.2, 0) is 19.0 Å². The van der Waals surface area contributed by atoms with Gasteiger partial charge < -0.3 is 68.8 Å². The summed E-state index contributed by atoms with van der Waals surface area (Å²) in [6.45, 7) is 2.51. The molecule has 0 aromatic heterocycles. The van der Waals surface area contributed by atoms with E-state index < -0.39 is 66.9 Å². The zero-order valence-corrected chi connectivity index (χ0v) is 21.6. The lowest BCUT2D eigenvalue weighted by Crippen LogP contribution is -2.67. The van der Waals surface area contributed by atoms with Crippen LogP contribution in [0.5, 0.6) is 0 Å². The number of aliphatic hydroxyl groups is 3. The molecule has 15 N–H and O–H groups in total. The lowest BCUT2D eigenvalue weighted by molar-refractivity contribution is -0.270. The van der Waals surface area contributed by atoms with Crippen LogP contribution in [-0.4, -0.2) is 122 Å². The monoisotopic (exact) mass is 535 g/mol. The fourth-order valence-corrected chi connectivity index (χ4v) is 4.71. The van der Waals surface area contributed by atoms with Gasteiger partial charge in [0.15, 0.2) is 6.29 Å². The van der Waals surface area contributed by atoms with Crippen LogP contribution < -0.4 is 39.3 Å². The third-order valence-corrected chi connectivity index (χ3v) is 6.86. The molecule has 37 heavy (non-hydrogen) atoms. The van der Waals surface area contributed by atoms with Gasteiger partial charge in [-0.15, -0.1) is 0 Å². The lowest BCUT2D eigenvalue weighted by Gasteiger charge is -2.46. The van der Waals surface area contributed by atoms with Crippen LogP contribution in [0.4, 0.5) is 0 Å². The Morgan fingerprint density at radius 1 is 1.00 bits per heavy atom. The molecule has 2 fully saturated rings. The summed E-state index contributed by atoms with van der Waals surface area (Å²) in [6, 6.07) is -2.02. The van der Waals surface area contributed by atoms with Gasteiger partial charge in [-0.25, -0.2) is 0 Å². The number of ether oxygens (including phenoxy) is 3. The van der Waals surface area contributed by atoms with E-state index in [2.05, 4.69) is 10.6 Å². The molecule has 14 heteroatoms. The number of aliphatic hydroxyl groups excluding tert-OH is 3. The Balaban J connectivity index is 2.03. The predicted molar refractivity (Wildman–Crippen MR) is 137 cm³/mol. The Bertz CT molecular complexity index is 653. The van der Waals surface area contributed by atoms with E-state index in [4.69, 9.17) is 42.9 Å². The second-order valence-electron chi connectivity index (χ2n) is 9.88. The van der Waals surface area contributed by atoms with Crippen molar-refractivity contribution in [3.63, 3.8) is 0 Å². The van der Waals surface area contributed by atoms with E-state index >= 15 is 0 Å². The highest BCUT2D eigenvalue weighted by Crippen LogP contribution is 2.28. The molecule has 0 bridgehead atoms. The first kappa shape index (κ1) is 32.2. The van der Waals surface area contributed by atoms with E-state index in [1.165, 1.54) is 0 Å². The third-order valence-electron chi connectivity index (χ3n) is 6.86. The molecule has 1 amide bonds. The molecular formula is C23H49N7O7. The Hall–Kier alpha value is -1.01. The van der Waals surface area contributed by atoms with Crippen molar-refractivity contribution in [1.29, 1.82) is 0 Å².